The van der Waals surface area contributed by atoms with E-state index in [-0.39, 0.29) is 11.2 Å². The van der Waals surface area contributed by atoms with Gasteiger partial charge in [0.15, 0.2) is 0 Å². The van der Waals surface area contributed by atoms with Crippen LogP contribution in [0.1, 0.15) is 27.7 Å². The number of fused-ring (bicyclic) bond motifs is 1. The molecule has 0 bridgehead atoms. The summed E-state index contributed by atoms with van der Waals surface area (Å²) in [4.78, 5) is 0. The van der Waals surface area contributed by atoms with Gasteiger partial charge < -0.3 is 14.0 Å². The lowest BCUT2D eigenvalue weighted by atomic mass is 9.78. The Kier molecular flexibility index (Phi) is 3.04. The van der Waals surface area contributed by atoms with Crippen LogP contribution in [-0.4, -0.2) is 40.4 Å². The Balaban J connectivity index is 2.08. The summed E-state index contributed by atoms with van der Waals surface area (Å²) in [6.07, 6.45) is 0. The van der Waals surface area contributed by atoms with Gasteiger partial charge in [0.25, 0.3) is 0 Å². The number of ether oxygens (including phenoxy) is 1. The highest BCUT2D eigenvalue weighted by atomic mass is 16.7. The highest BCUT2D eigenvalue weighted by Gasteiger charge is 2.52. The van der Waals surface area contributed by atoms with Crippen molar-refractivity contribution in [3.63, 3.8) is 0 Å². The predicted octanol–water partition coefficient (Wildman–Crippen LogP) is 1.28. The van der Waals surface area contributed by atoms with Crippen LogP contribution in [-0.2, 0) is 16.4 Å². The molecule has 0 saturated carbocycles. The second kappa shape index (κ2) is 4.45. The monoisotopic (exact) mass is 289 g/mol. The lowest BCUT2D eigenvalue weighted by Gasteiger charge is -2.32. The molecule has 3 rings (SSSR count). The van der Waals surface area contributed by atoms with Gasteiger partial charge in [0.05, 0.1) is 23.8 Å². The topological polar surface area (TPSA) is 58.4 Å². The van der Waals surface area contributed by atoms with Gasteiger partial charge in [-0.05, 0) is 33.8 Å². The second-order valence-electron chi connectivity index (χ2n) is 6.38. The molecule has 0 atom stereocenters. The summed E-state index contributed by atoms with van der Waals surface area (Å²) >= 11 is 0. The molecular formula is C14H20BN3O3. The van der Waals surface area contributed by atoms with E-state index in [9.17, 15) is 0 Å². The molecule has 1 saturated heterocycles. The van der Waals surface area contributed by atoms with Crippen LogP contribution in [0.5, 0.6) is 5.75 Å². The summed E-state index contributed by atoms with van der Waals surface area (Å²) < 4.78 is 19.4. The van der Waals surface area contributed by atoms with E-state index in [1.54, 1.807) is 11.8 Å². The molecule has 0 spiro atoms. The van der Waals surface area contributed by atoms with Crippen molar-refractivity contribution < 1.29 is 14.0 Å². The minimum absolute atomic E-state index is 0.389. The van der Waals surface area contributed by atoms with Crippen molar-refractivity contribution in [2.75, 3.05) is 7.11 Å². The molecular weight excluding hydrogens is 269 g/mol. The standard InChI is InChI=1S/C14H20BN3O3/c1-13(2)14(3,4)21-15(20-13)9-7-10-11(8-12(9)19-6)18(5)17-16-10/h7-8H,1-6H3. The molecule has 7 heteroatoms. The summed E-state index contributed by atoms with van der Waals surface area (Å²) in [6, 6.07) is 3.83. The third-order valence-corrected chi connectivity index (χ3v) is 4.47. The number of nitrogens with zero attached hydrogens (tertiary/aromatic N) is 3. The van der Waals surface area contributed by atoms with E-state index in [1.165, 1.54) is 0 Å². The van der Waals surface area contributed by atoms with Crippen molar-refractivity contribution in [1.82, 2.24) is 15.0 Å². The predicted molar refractivity (Wildman–Crippen MR) is 80.8 cm³/mol. The fraction of sp³-hybridized carbons (Fsp3) is 0.571. The van der Waals surface area contributed by atoms with E-state index in [0.717, 1.165) is 16.5 Å². The normalized spacial score (nSPS) is 20.2. The van der Waals surface area contributed by atoms with Gasteiger partial charge in [0.2, 0.25) is 0 Å². The van der Waals surface area contributed by atoms with Crippen molar-refractivity contribution in [3.05, 3.63) is 12.1 Å². The zero-order valence-corrected chi connectivity index (χ0v) is 13.3. The van der Waals surface area contributed by atoms with Crippen LogP contribution < -0.4 is 10.2 Å². The SMILES string of the molecule is COc1cc2c(cc1B1OC(C)(C)C(C)(C)O1)nnn2C. The zero-order chi connectivity index (χ0) is 15.4. The molecule has 0 unspecified atom stereocenters. The van der Waals surface area contributed by atoms with E-state index in [1.807, 2.05) is 46.9 Å². The number of benzene rings is 1. The van der Waals surface area contributed by atoms with Crippen molar-refractivity contribution >= 4 is 23.6 Å². The molecule has 0 aliphatic carbocycles. The van der Waals surface area contributed by atoms with Gasteiger partial charge in [-0.15, -0.1) is 5.10 Å². The largest absolute Gasteiger partial charge is 0.498 e. The fourth-order valence-corrected chi connectivity index (χ4v) is 2.41. The number of rotatable bonds is 2. The van der Waals surface area contributed by atoms with Gasteiger partial charge >= 0.3 is 7.12 Å². The maximum Gasteiger partial charge on any atom is 0.498 e. The van der Waals surface area contributed by atoms with Gasteiger partial charge in [-0.25, -0.2) is 4.68 Å². The number of hydrogen-bond donors (Lipinski definition) is 0. The molecule has 2 heterocycles. The van der Waals surface area contributed by atoms with E-state index in [0.29, 0.717) is 5.75 Å². The van der Waals surface area contributed by atoms with Crippen LogP contribution >= 0.6 is 0 Å². The van der Waals surface area contributed by atoms with Gasteiger partial charge in [-0.1, -0.05) is 5.21 Å². The number of hydrogen-bond acceptors (Lipinski definition) is 5. The maximum absolute atomic E-state index is 6.09. The van der Waals surface area contributed by atoms with E-state index >= 15 is 0 Å². The van der Waals surface area contributed by atoms with Crippen LogP contribution in [0, 0.1) is 0 Å². The Hall–Kier alpha value is -1.60. The summed E-state index contributed by atoms with van der Waals surface area (Å²) in [5.41, 5.74) is 1.76. The van der Waals surface area contributed by atoms with E-state index in [2.05, 4.69) is 10.3 Å². The first-order valence-corrected chi connectivity index (χ1v) is 6.98. The van der Waals surface area contributed by atoms with Gasteiger partial charge in [-0.3, -0.25) is 0 Å². The quantitative estimate of drug-likeness (QED) is 0.779. The maximum atomic E-state index is 6.09. The molecule has 0 radical (unpaired) electrons. The summed E-state index contributed by atoms with van der Waals surface area (Å²) in [6.45, 7) is 8.11. The Morgan fingerprint density at radius 3 is 2.33 bits per heavy atom. The first-order valence-electron chi connectivity index (χ1n) is 6.98. The Bertz CT molecular complexity index is 680. The number of aromatic nitrogens is 3. The third-order valence-electron chi connectivity index (χ3n) is 4.47. The fourth-order valence-electron chi connectivity index (χ4n) is 2.41. The Morgan fingerprint density at radius 2 is 1.76 bits per heavy atom. The number of aryl methyl sites for hydroxylation is 1. The van der Waals surface area contributed by atoms with Crippen LogP contribution in [0.15, 0.2) is 12.1 Å². The highest BCUT2D eigenvalue weighted by Crippen LogP contribution is 2.37. The molecule has 1 aromatic carbocycles. The van der Waals surface area contributed by atoms with Crippen molar-refractivity contribution in [2.24, 2.45) is 7.05 Å². The first-order chi connectivity index (χ1) is 9.75. The van der Waals surface area contributed by atoms with E-state index < -0.39 is 7.12 Å². The van der Waals surface area contributed by atoms with Crippen LogP contribution in [0.2, 0.25) is 0 Å². The molecule has 1 aromatic heterocycles. The summed E-state index contributed by atoms with van der Waals surface area (Å²) in [5.74, 6) is 0.714. The van der Waals surface area contributed by atoms with Crippen LogP contribution in [0.4, 0.5) is 0 Å². The van der Waals surface area contributed by atoms with E-state index in [4.69, 9.17) is 14.0 Å². The van der Waals surface area contributed by atoms with Gasteiger partial charge in [0, 0.05) is 18.6 Å². The van der Waals surface area contributed by atoms with Crippen LogP contribution in [0.3, 0.4) is 0 Å². The van der Waals surface area contributed by atoms with Crippen molar-refractivity contribution in [2.45, 2.75) is 38.9 Å². The second-order valence-corrected chi connectivity index (χ2v) is 6.38. The smallest absolute Gasteiger partial charge is 0.497 e. The van der Waals surface area contributed by atoms with Gasteiger partial charge in [-0.2, -0.15) is 0 Å². The van der Waals surface area contributed by atoms with Crippen molar-refractivity contribution in [3.8, 4) is 5.75 Å². The molecule has 1 fully saturated rings. The zero-order valence-electron chi connectivity index (χ0n) is 13.3. The average Bonchev–Trinajstić information content (AvgIpc) is 2.86. The molecule has 112 valence electrons. The van der Waals surface area contributed by atoms with Crippen LogP contribution in [0.25, 0.3) is 11.0 Å². The molecule has 21 heavy (non-hydrogen) atoms. The molecule has 0 amide bonds. The highest BCUT2D eigenvalue weighted by molar-refractivity contribution is 6.63. The van der Waals surface area contributed by atoms with Crippen molar-refractivity contribution in [1.29, 1.82) is 0 Å². The Labute approximate surface area is 124 Å². The number of methoxy groups -OCH3 is 1. The molecule has 6 nitrogen and oxygen atoms in total. The Morgan fingerprint density at radius 1 is 1.14 bits per heavy atom. The lowest BCUT2D eigenvalue weighted by Crippen LogP contribution is -2.41. The average molecular weight is 289 g/mol. The molecule has 2 aromatic rings. The molecule has 0 N–H and O–H groups in total. The summed E-state index contributed by atoms with van der Waals surface area (Å²) in [7, 11) is 3.01. The first kappa shape index (κ1) is 14.3. The minimum Gasteiger partial charge on any atom is -0.497 e. The molecule has 1 aliphatic heterocycles. The third kappa shape index (κ3) is 2.11. The lowest BCUT2D eigenvalue weighted by molar-refractivity contribution is 0.00578. The van der Waals surface area contributed by atoms with Gasteiger partial charge in [0.1, 0.15) is 11.3 Å². The minimum atomic E-state index is -0.476. The summed E-state index contributed by atoms with van der Waals surface area (Å²) in [5, 5.41) is 8.17. The molecule has 1 aliphatic rings.